The minimum absolute atomic E-state index is 0.194. The van der Waals surface area contributed by atoms with Gasteiger partial charge in [0.05, 0.1) is 22.2 Å². The standard InChI is InChI=1S/C10H8Cl2N2O2/c1-2-16-10(15)9(14-13)6-3-4-7(11)8(12)5-6/h3-5H,2H2,1H3. The summed E-state index contributed by atoms with van der Waals surface area (Å²) in [5.41, 5.74) is 8.88. The molecule has 1 rings (SSSR count). The van der Waals surface area contributed by atoms with Gasteiger partial charge >= 0.3 is 11.7 Å². The van der Waals surface area contributed by atoms with Crippen molar-refractivity contribution in [2.45, 2.75) is 6.92 Å². The Bertz CT molecular complexity index is 468. The highest BCUT2D eigenvalue weighted by atomic mass is 35.5. The second-order valence-electron chi connectivity index (χ2n) is 2.80. The first-order chi connectivity index (χ1) is 7.60. The molecule has 0 fully saturated rings. The van der Waals surface area contributed by atoms with Crippen molar-refractivity contribution in [2.24, 2.45) is 0 Å². The monoisotopic (exact) mass is 258 g/mol. The van der Waals surface area contributed by atoms with Crippen LogP contribution in [0.4, 0.5) is 0 Å². The van der Waals surface area contributed by atoms with E-state index >= 15 is 0 Å². The summed E-state index contributed by atoms with van der Waals surface area (Å²) < 4.78 is 4.71. The summed E-state index contributed by atoms with van der Waals surface area (Å²) >= 11 is 11.5. The van der Waals surface area contributed by atoms with Crippen LogP contribution >= 0.6 is 23.2 Å². The average molecular weight is 259 g/mol. The van der Waals surface area contributed by atoms with Gasteiger partial charge in [-0.15, -0.1) is 0 Å². The maximum atomic E-state index is 11.4. The Morgan fingerprint density at radius 2 is 2.12 bits per heavy atom. The quantitative estimate of drug-likeness (QED) is 0.362. The number of hydrogen-bond donors (Lipinski definition) is 0. The van der Waals surface area contributed by atoms with Gasteiger partial charge in [-0.2, -0.15) is 4.79 Å². The highest BCUT2D eigenvalue weighted by molar-refractivity contribution is 6.44. The zero-order valence-corrected chi connectivity index (χ0v) is 9.92. The molecule has 0 amide bonds. The first-order valence-electron chi connectivity index (χ1n) is 4.44. The van der Waals surface area contributed by atoms with Crippen LogP contribution in [-0.4, -0.2) is 23.1 Å². The lowest BCUT2D eigenvalue weighted by atomic mass is 10.1. The summed E-state index contributed by atoms with van der Waals surface area (Å²) in [7, 11) is 0. The Hall–Kier alpha value is -1.35. The number of hydrogen-bond acceptors (Lipinski definition) is 2. The van der Waals surface area contributed by atoms with Gasteiger partial charge in [-0.1, -0.05) is 23.2 Å². The van der Waals surface area contributed by atoms with Crippen molar-refractivity contribution < 1.29 is 14.3 Å². The van der Waals surface area contributed by atoms with E-state index in [1.807, 2.05) is 0 Å². The summed E-state index contributed by atoms with van der Waals surface area (Å²) in [6.07, 6.45) is 0. The smallest absolute Gasteiger partial charge is 0.422 e. The molecule has 0 saturated heterocycles. The number of benzene rings is 1. The molecule has 6 heteroatoms. The molecule has 1 aromatic carbocycles. The third kappa shape index (κ3) is 2.83. The molecule has 84 valence electrons. The van der Waals surface area contributed by atoms with Gasteiger partial charge in [0, 0.05) is 0 Å². The minimum Gasteiger partial charge on any atom is -0.457 e. The van der Waals surface area contributed by atoms with Gasteiger partial charge in [0.1, 0.15) is 0 Å². The predicted octanol–water partition coefficient (Wildman–Crippen LogP) is 2.58. The van der Waals surface area contributed by atoms with Crippen LogP contribution in [0.2, 0.25) is 10.0 Å². The second-order valence-corrected chi connectivity index (χ2v) is 3.61. The van der Waals surface area contributed by atoms with Crippen LogP contribution < -0.4 is 0 Å². The van der Waals surface area contributed by atoms with E-state index in [4.69, 9.17) is 33.5 Å². The Labute approximate surface area is 102 Å². The first-order valence-corrected chi connectivity index (χ1v) is 5.20. The Morgan fingerprint density at radius 3 is 2.62 bits per heavy atom. The molecule has 16 heavy (non-hydrogen) atoms. The number of halogens is 2. The molecule has 0 aliphatic rings. The van der Waals surface area contributed by atoms with Crippen molar-refractivity contribution in [1.29, 1.82) is 0 Å². The lowest BCUT2D eigenvalue weighted by Crippen LogP contribution is -2.19. The fourth-order valence-electron chi connectivity index (χ4n) is 1.06. The van der Waals surface area contributed by atoms with Gasteiger partial charge in [0.25, 0.3) is 0 Å². The second kappa shape index (κ2) is 5.66. The Kier molecular flexibility index (Phi) is 4.50. The molecule has 0 bridgehead atoms. The Morgan fingerprint density at radius 1 is 1.44 bits per heavy atom. The number of ether oxygens (including phenoxy) is 1. The molecule has 0 aliphatic carbocycles. The van der Waals surface area contributed by atoms with Crippen molar-refractivity contribution >= 4 is 34.9 Å². The van der Waals surface area contributed by atoms with E-state index in [1.165, 1.54) is 18.2 Å². The molecule has 0 N–H and O–H groups in total. The molecule has 4 nitrogen and oxygen atoms in total. The van der Waals surface area contributed by atoms with E-state index in [-0.39, 0.29) is 17.3 Å². The van der Waals surface area contributed by atoms with Gasteiger partial charge < -0.3 is 10.3 Å². The molecule has 0 atom stereocenters. The number of esters is 1. The molecule has 0 aromatic heterocycles. The lowest BCUT2D eigenvalue weighted by Gasteiger charge is -1.99. The van der Waals surface area contributed by atoms with E-state index in [9.17, 15) is 4.79 Å². The van der Waals surface area contributed by atoms with Gasteiger partial charge in [0.15, 0.2) is 0 Å². The number of carbonyl (C=O) groups is 1. The third-order valence-corrected chi connectivity index (χ3v) is 2.50. The van der Waals surface area contributed by atoms with E-state index in [0.29, 0.717) is 10.6 Å². The van der Waals surface area contributed by atoms with Gasteiger partial charge in [-0.25, -0.2) is 4.79 Å². The van der Waals surface area contributed by atoms with Crippen molar-refractivity contribution in [1.82, 2.24) is 0 Å². The summed E-state index contributed by atoms with van der Waals surface area (Å²) in [6.45, 7) is 1.85. The van der Waals surface area contributed by atoms with Gasteiger partial charge in [0.2, 0.25) is 0 Å². The van der Waals surface area contributed by atoms with Gasteiger partial charge in [-0.3, -0.25) is 0 Å². The zero-order valence-electron chi connectivity index (χ0n) is 8.41. The van der Waals surface area contributed by atoms with Crippen molar-refractivity contribution in [3.05, 3.63) is 39.3 Å². The van der Waals surface area contributed by atoms with Crippen LogP contribution in [0.25, 0.3) is 5.53 Å². The molecular formula is C10H8Cl2N2O2. The first kappa shape index (κ1) is 12.7. The molecule has 0 aliphatic heterocycles. The summed E-state index contributed by atoms with van der Waals surface area (Å²) in [4.78, 5) is 14.3. The Balaban J connectivity index is 3.11. The van der Waals surface area contributed by atoms with E-state index in [2.05, 4.69) is 4.79 Å². The molecule has 0 heterocycles. The highest BCUT2D eigenvalue weighted by Gasteiger charge is 2.24. The van der Waals surface area contributed by atoms with Crippen LogP contribution in [-0.2, 0) is 9.53 Å². The van der Waals surface area contributed by atoms with Crippen LogP contribution in [0.5, 0.6) is 0 Å². The topological polar surface area (TPSA) is 62.7 Å². The molecular weight excluding hydrogens is 251 g/mol. The van der Waals surface area contributed by atoms with Gasteiger partial charge in [-0.05, 0) is 25.1 Å². The van der Waals surface area contributed by atoms with E-state index in [1.54, 1.807) is 6.92 Å². The molecule has 0 radical (unpaired) electrons. The maximum Gasteiger partial charge on any atom is 0.422 e. The fraction of sp³-hybridized carbons (Fsp3) is 0.200. The summed E-state index contributed by atoms with van der Waals surface area (Å²) in [5, 5.41) is 0.621. The SMILES string of the molecule is CCOC(=O)C(=[N+]=[N-])c1ccc(Cl)c(Cl)c1. The van der Waals surface area contributed by atoms with Crippen LogP contribution in [0.1, 0.15) is 12.5 Å². The van der Waals surface area contributed by atoms with E-state index in [0.717, 1.165) is 0 Å². The molecule has 0 saturated carbocycles. The number of carbonyl (C=O) groups excluding carboxylic acids is 1. The normalized spacial score (nSPS) is 9.44. The van der Waals surface area contributed by atoms with Crippen LogP contribution in [0.3, 0.4) is 0 Å². The highest BCUT2D eigenvalue weighted by Crippen LogP contribution is 2.22. The third-order valence-electron chi connectivity index (χ3n) is 1.76. The summed E-state index contributed by atoms with van der Waals surface area (Å²) in [6, 6.07) is 4.44. The molecule has 0 spiro atoms. The fourth-order valence-corrected chi connectivity index (χ4v) is 1.36. The lowest BCUT2D eigenvalue weighted by molar-refractivity contribution is -0.139. The largest absolute Gasteiger partial charge is 0.457 e. The maximum absolute atomic E-state index is 11.4. The number of nitrogens with zero attached hydrogens (tertiary/aromatic N) is 2. The van der Waals surface area contributed by atoms with Crippen LogP contribution in [0.15, 0.2) is 18.2 Å². The van der Waals surface area contributed by atoms with Crippen molar-refractivity contribution in [3.63, 3.8) is 0 Å². The van der Waals surface area contributed by atoms with E-state index < -0.39 is 5.97 Å². The predicted molar refractivity (Wildman–Crippen MR) is 60.8 cm³/mol. The van der Waals surface area contributed by atoms with Crippen LogP contribution in [0, 0.1) is 0 Å². The minimum atomic E-state index is -0.719. The molecule has 1 aromatic rings. The number of rotatable bonds is 3. The zero-order chi connectivity index (χ0) is 12.1. The van der Waals surface area contributed by atoms with Crippen molar-refractivity contribution in [3.8, 4) is 0 Å². The van der Waals surface area contributed by atoms with Crippen molar-refractivity contribution in [2.75, 3.05) is 6.61 Å². The average Bonchev–Trinajstić information content (AvgIpc) is 2.25. The summed E-state index contributed by atoms with van der Waals surface area (Å²) in [5.74, 6) is -0.719. The molecule has 0 unspecified atom stereocenters.